The topological polar surface area (TPSA) is 66.2 Å². The molecule has 1 aromatic carbocycles. The lowest BCUT2D eigenvalue weighted by molar-refractivity contribution is -0.139. The molecule has 122 valence electrons. The van der Waals surface area contributed by atoms with E-state index in [4.69, 9.17) is 9.47 Å². The lowest BCUT2D eigenvalue weighted by Crippen LogP contribution is -2.08. The smallest absolute Gasteiger partial charge is 0.316 e. The van der Waals surface area contributed by atoms with Crippen LogP contribution in [0.5, 0.6) is 5.75 Å². The zero-order valence-corrected chi connectivity index (χ0v) is 14.0. The van der Waals surface area contributed by atoms with Crippen molar-refractivity contribution >= 4 is 17.7 Å². The molecule has 0 aliphatic rings. The molecule has 7 heteroatoms. The molecule has 0 radical (unpaired) electrons. The number of esters is 1. The molecule has 0 saturated heterocycles. The molecule has 0 unspecified atom stereocenters. The molecule has 0 spiro atoms. The van der Waals surface area contributed by atoms with E-state index in [0.29, 0.717) is 29.9 Å². The number of allylic oxidation sites excluding steroid dienone is 1. The molecule has 2 aromatic rings. The summed E-state index contributed by atoms with van der Waals surface area (Å²) in [5.74, 6) is 1.31. The fourth-order valence-corrected chi connectivity index (χ4v) is 2.79. The first-order valence-corrected chi connectivity index (χ1v) is 8.15. The summed E-state index contributed by atoms with van der Waals surface area (Å²) >= 11 is 1.29. The SMILES string of the molecule is C=CCn1c(SCC(=O)OCC)nnc1-c1ccccc1OC. The van der Waals surface area contributed by atoms with Crippen molar-refractivity contribution in [3.63, 3.8) is 0 Å². The fraction of sp³-hybridized carbons (Fsp3) is 0.312. The van der Waals surface area contributed by atoms with Crippen LogP contribution < -0.4 is 4.74 Å². The van der Waals surface area contributed by atoms with Crippen LogP contribution >= 0.6 is 11.8 Å². The maximum atomic E-state index is 11.5. The number of ether oxygens (including phenoxy) is 2. The Labute approximate surface area is 139 Å². The van der Waals surface area contributed by atoms with Crippen molar-refractivity contribution in [2.24, 2.45) is 0 Å². The number of methoxy groups -OCH3 is 1. The average Bonchev–Trinajstić information content (AvgIpc) is 2.96. The largest absolute Gasteiger partial charge is 0.496 e. The van der Waals surface area contributed by atoms with E-state index in [1.165, 1.54) is 11.8 Å². The molecule has 0 amide bonds. The molecule has 0 saturated carbocycles. The van der Waals surface area contributed by atoms with Gasteiger partial charge in [-0.15, -0.1) is 16.8 Å². The monoisotopic (exact) mass is 333 g/mol. The van der Waals surface area contributed by atoms with E-state index in [9.17, 15) is 4.79 Å². The van der Waals surface area contributed by atoms with Crippen LogP contribution in [0.15, 0.2) is 42.1 Å². The minimum Gasteiger partial charge on any atom is -0.496 e. The lowest BCUT2D eigenvalue weighted by Gasteiger charge is -2.10. The normalized spacial score (nSPS) is 10.3. The molecular formula is C16H19N3O3S. The molecule has 6 nitrogen and oxygen atoms in total. The summed E-state index contributed by atoms with van der Waals surface area (Å²) in [4.78, 5) is 11.5. The van der Waals surface area contributed by atoms with Gasteiger partial charge in [0, 0.05) is 6.54 Å². The molecule has 0 atom stereocenters. The summed E-state index contributed by atoms with van der Waals surface area (Å²) in [6.07, 6.45) is 1.76. The van der Waals surface area contributed by atoms with E-state index in [1.54, 1.807) is 20.1 Å². The highest BCUT2D eigenvalue weighted by Gasteiger charge is 2.17. The first kappa shape index (κ1) is 17.1. The molecule has 0 bridgehead atoms. The molecule has 0 fully saturated rings. The van der Waals surface area contributed by atoms with Gasteiger partial charge in [-0.05, 0) is 19.1 Å². The van der Waals surface area contributed by atoms with Crippen LogP contribution in [0.2, 0.25) is 0 Å². The number of benzene rings is 1. The number of carbonyl (C=O) groups is 1. The van der Waals surface area contributed by atoms with Gasteiger partial charge in [-0.3, -0.25) is 9.36 Å². The maximum absolute atomic E-state index is 11.5. The predicted molar refractivity (Wildman–Crippen MR) is 89.6 cm³/mol. The molecule has 2 rings (SSSR count). The highest BCUT2D eigenvalue weighted by Crippen LogP contribution is 2.30. The van der Waals surface area contributed by atoms with E-state index < -0.39 is 0 Å². The lowest BCUT2D eigenvalue weighted by atomic mass is 10.2. The van der Waals surface area contributed by atoms with Gasteiger partial charge in [-0.2, -0.15) is 0 Å². The van der Waals surface area contributed by atoms with Crippen LogP contribution in [0.3, 0.4) is 0 Å². The van der Waals surface area contributed by atoms with Gasteiger partial charge in [0.05, 0.1) is 25.0 Å². The van der Waals surface area contributed by atoms with E-state index in [1.807, 2.05) is 28.8 Å². The Morgan fingerprint density at radius 2 is 2.17 bits per heavy atom. The Morgan fingerprint density at radius 3 is 2.87 bits per heavy atom. The third kappa shape index (κ3) is 4.13. The van der Waals surface area contributed by atoms with Crippen molar-refractivity contribution in [1.82, 2.24) is 14.8 Å². The van der Waals surface area contributed by atoms with Gasteiger partial charge in [-0.1, -0.05) is 30.0 Å². The summed E-state index contributed by atoms with van der Waals surface area (Å²) in [6.45, 7) is 6.45. The van der Waals surface area contributed by atoms with E-state index in [2.05, 4.69) is 16.8 Å². The van der Waals surface area contributed by atoms with E-state index in [0.717, 1.165) is 5.56 Å². The first-order chi connectivity index (χ1) is 11.2. The third-order valence-corrected chi connectivity index (χ3v) is 3.94. The Bertz CT molecular complexity index is 685. The molecule has 1 aromatic heterocycles. The summed E-state index contributed by atoms with van der Waals surface area (Å²) < 4.78 is 12.2. The quantitative estimate of drug-likeness (QED) is 0.420. The molecular weight excluding hydrogens is 314 g/mol. The standard InChI is InChI=1S/C16H19N3O3S/c1-4-10-19-15(12-8-6-7-9-13(12)21-3)17-18-16(19)23-11-14(20)22-5-2/h4,6-9H,1,5,10-11H2,2-3H3. The number of thioether (sulfide) groups is 1. The van der Waals surface area contributed by atoms with Crippen molar-refractivity contribution in [2.45, 2.75) is 18.6 Å². The molecule has 1 heterocycles. The maximum Gasteiger partial charge on any atom is 0.316 e. The average molecular weight is 333 g/mol. The number of carbonyl (C=O) groups excluding carboxylic acids is 1. The van der Waals surface area contributed by atoms with Crippen molar-refractivity contribution in [2.75, 3.05) is 19.5 Å². The van der Waals surface area contributed by atoms with Gasteiger partial charge in [0.15, 0.2) is 11.0 Å². The van der Waals surface area contributed by atoms with Crippen LogP contribution in [0.25, 0.3) is 11.4 Å². The number of aromatic nitrogens is 3. The van der Waals surface area contributed by atoms with Crippen LogP contribution in [0, 0.1) is 0 Å². The minimum absolute atomic E-state index is 0.190. The second-order valence-corrected chi connectivity index (χ2v) is 5.44. The zero-order valence-electron chi connectivity index (χ0n) is 13.2. The number of para-hydroxylation sites is 1. The first-order valence-electron chi connectivity index (χ1n) is 7.17. The van der Waals surface area contributed by atoms with Gasteiger partial charge in [-0.25, -0.2) is 0 Å². The van der Waals surface area contributed by atoms with Crippen LogP contribution in [0.1, 0.15) is 6.92 Å². The van der Waals surface area contributed by atoms with Crippen LogP contribution in [-0.4, -0.2) is 40.2 Å². The Hall–Kier alpha value is -2.28. The zero-order chi connectivity index (χ0) is 16.7. The summed E-state index contributed by atoms with van der Waals surface area (Å²) in [6, 6.07) is 7.60. The molecule has 23 heavy (non-hydrogen) atoms. The summed E-state index contributed by atoms with van der Waals surface area (Å²) in [5, 5.41) is 9.07. The number of rotatable bonds is 8. The predicted octanol–water partition coefficient (Wildman–Crippen LogP) is 2.79. The minimum atomic E-state index is -0.274. The number of nitrogens with zero attached hydrogens (tertiary/aromatic N) is 3. The van der Waals surface area contributed by atoms with Crippen molar-refractivity contribution in [1.29, 1.82) is 0 Å². The second-order valence-electron chi connectivity index (χ2n) is 4.50. The van der Waals surface area contributed by atoms with Gasteiger partial charge < -0.3 is 9.47 Å². The molecule has 0 aliphatic carbocycles. The third-order valence-electron chi connectivity index (χ3n) is 3.00. The van der Waals surface area contributed by atoms with Crippen LogP contribution in [0.4, 0.5) is 0 Å². The van der Waals surface area contributed by atoms with Gasteiger partial charge >= 0.3 is 5.97 Å². The Morgan fingerprint density at radius 1 is 1.39 bits per heavy atom. The molecule has 0 aliphatic heterocycles. The van der Waals surface area contributed by atoms with Gasteiger partial charge in [0.1, 0.15) is 5.75 Å². The summed E-state index contributed by atoms with van der Waals surface area (Å²) in [7, 11) is 1.61. The van der Waals surface area contributed by atoms with Crippen LogP contribution in [-0.2, 0) is 16.1 Å². The van der Waals surface area contributed by atoms with Crippen molar-refractivity contribution < 1.29 is 14.3 Å². The van der Waals surface area contributed by atoms with Gasteiger partial charge in [0.25, 0.3) is 0 Å². The Balaban J connectivity index is 2.31. The van der Waals surface area contributed by atoms with E-state index in [-0.39, 0.29) is 11.7 Å². The second kappa shape index (κ2) is 8.38. The summed E-state index contributed by atoms with van der Waals surface area (Å²) in [5.41, 5.74) is 0.840. The molecule has 0 N–H and O–H groups in total. The van der Waals surface area contributed by atoms with E-state index >= 15 is 0 Å². The van der Waals surface area contributed by atoms with Crippen molar-refractivity contribution in [3.05, 3.63) is 36.9 Å². The van der Waals surface area contributed by atoms with Gasteiger partial charge in [0.2, 0.25) is 0 Å². The highest BCUT2D eigenvalue weighted by molar-refractivity contribution is 7.99. The number of hydrogen-bond donors (Lipinski definition) is 0. The number of hydrogen-bond acceptors (Lipinski definition) is 6. The van der Waals surface area contributed by atoms with Crippen molar-refractivity contribution in [3.8, 4) is 17.1 Å². The fourth-order valence-electron chi connectivity index (χ4n) is 2.04. The highest BCUT2D eigenvalue weighted by atomic mass is 32.2. The Kier molecular flexibility index (Phi) is 6.22.